The van der Waals surface area contributed by atoms with Gasteiger partial charge in [-0.3, -0.25) is 10.1 Å². The van der Waals surface area contributed by atoms with Crippen molar-refractivity contribution in [1.82, 2.24) is 0 Å². The summed E-state index contributed by atoms with van der Waals surface area (Å²) in [4.78, 5) is 11.9. The van der Waals surface area contributed by atoms with E-state index in [1.54, 1.807) is 23.1 Å². The average molecular weight is 257 g/mol. The zero-order chi connectivity index (χ0) is 12.6. The molecule has 0 atom stereocenters. The van der Waals surface area contributed by atoms with Crippen molar-refractivity contribution in [3.63, 3.8) is 0 Å². The van der Waals surface area contributed by atoms with Gasteiger partial charge in [-0.15, -0.1) is 0 Å². The highest BCUT2D eigenvalue weighted by Crippen LogP contribution is 2.31. The summed E-state index contributed by atoms with van der Waals surface area (Å²) in [6.07, 6.45) is 0. The highest BCUT2D eigenvalue weighted by atomic mass is 32.2. The Hall–Kier alpha value is -1.67. The number of benzene rings is 1. The Labute approximate surface area is 98.0 Å². The van der Waals surface area contributed by atoms with E-state index in [1.807, 2.05) is 0 Å². The molecule has 0 saturated carbocycles. The van der Waals surface area contributed by atoms with Crippen LogP contribution < -0.4 is 10.0 Å². The molecule has 1 aliphatic heterocycles. The Morgan fingerprint density at radius 3 is 2.47 bits per heavy atom. The van der Waals surface area contributed by atoms with Gasteiger partial charge < -0.3 is 4.90 Å². The number of nitro benzene ring substituents is 1. The fraction of sp³-hybridized carbons (Fsp3) is 0.333. The number of primary sulfonamides is 1. The molecule has 0 aromatic heterocycles. The molecule has 92 valence electrons. The minimum Gasteiger partial charge on any atom is -0.363 e. The second-order valence-corrected chi connectivity index (χ2v) is 5.71. The first-order valence-electron chi connectivity index (χ1n) is 4.89. The number of rotatable bonds is 3. The lowest BCUT2D eigenvalue weighted by molar-refractivity contribution is -0.384. The van der Waals surface area contributed by atoms with Gasteiger partial charge in [-0.1, -0.05) is 12.1 Å². The maximum Gasteiger partial charge on any atom is 0.292 e. The van der Waals surface area contributed by atoms with E-state index >= 15 is 0 Å². The molecule has 0 aliphatic carbocycles. The first-order valence-corrected chi connectivity index (χ1v) is 6.50. The standard InChI is InChI=1S/C9H11N3O4S/c10-17(15,16)7-5-11(6-7)8-3-1-2-4-9(8)12(13)14/h1-4,7H,5-6H2,(H2,10,15,16). The summed E-state index contributed by atoms with van der Waals surface area (Å²) in [6, 6.07) is 6.22. The van der Waals surface area contributed by atoms with E-state index in [2.05, 4.69) is 0 Å². The van der Waals surface area contributed by atoms with Crippen LogP contribution in [0.15, 0.2) is 24.3 Å². The van der Waals surface area contributed by atoms with Gasteiger partial charge in [-0.05, 0) is 6.07 Å². The molecule has 17 heavy (non-hydrogen) atoms. The Bertz CT molecular complexity index is 551. The molecule has 1 heterocycles. The molecule has 8 heteroatoms. The van der Waals surface area contributed by atoms with E-state index in [4.69, 9.17) is 5.14 Å². The van der Waals surface area contributed by atoms with Gasteiger partial charge in [0.15, 0.2) is 0 Å². The van der Waals surface area contributed by atoms with Crippen LogP contribution in [0.3, 0.4) is 0 Å². The molecule has 1 aromatic carbocycles. The number of sulfonamides is 1. The summed E-state index contributed by atoms with van der Waals surface area (Å²) in [7, 11) is -3.55. The summed E-state index contributed by atoms with van der Waals surface area (Å²) in [6.45, 7) is 0.396. The van der Waals surface area contributed by atoms with Gasteiger partial charge in [0.25, 0.3) is 5.69 Å². The molecule has 1 saturated heterocycles. The topological polar surface area (TPSA) is 107 Å². The van der Waals surface area contributed by atoms with E-state index in [1.165, 1.54) is 6.07 Å². The van der Waals surface area contributed by atoms with Gasteiger partial charge in [-0.25, -0.2) is 13.6 Å². The predicted octanol–water partition coefficient (Wildman–Crippen LogP) is 0.0719. The molecule has 0 bridgehead atoms. The monoisotopic (exact) mass is 257 g/mol. The van der Waals surface area contributed by atoms with E-state index in [-0.39, 0.29) is 18.8 Å². The number of anilines is 1. The molecule has 0 unspecified atom stereocenters. The Morgan fingerprint density at radius 1 is 1.35 bits per heavy atom. The molecule has 1 aromatic rings. The zero-order valence-electron chi connectivity index (χ0n) is 8.81. The predicted molar refractivity (Wildman–Crippen MR) is 62.2 cm³/mol. The summed E-state index contributed by atoms with van der Waals surface area (Å²) < 4.78 is 22.1. The minimum absolute atomic E-state index is 0.0274. The van der Waals surface area contributed by atoms with Crippen LogP contribution in [0.5, 0.6) is 0 Å². The van der Waals surface area contributed by atoms with Gasteiger partial charge in [0.2, 0.25) is 10.0 Å². The molecule has 1 aliphatic rings. The first kappa shape index (κ1) is 11.8. The third-order valence-corrected chi connectivity index (χ3v) is 3.96. The largest absolute Gasteiger partial charge is 0.363 e. The van der Waals surface area contributed by atoms with Crippen LogP contribution in [0.25, 0.3) is 0 Å². The molecule has 0 spiro atoms. The van der Waals surface area contributed by atoms with Gasteiger partial charge in [0.05, 0.1) is 4.92 Å². The molecule has 7 nitrogen and oxygen atoms in total. The Balaban J connectivity index is 2.20. The van der Waals surface area contributed by atoms with Crippen molar-refractivity contribution in [1.29, 1.82) is 0 Å². The number of nitro groups is 1. The maximum absolute atomic E-state index is 11.0. The van der Waals surface area contributed by atoms with E-state index < -0.39 is 20.2 Å². The van der Waals surface area contributed by atoms with Crippen LogP contribution in [0.2, 0.25) is 0 Å². The highest BCUT2D eigenvalue weighted by Gasteiger charge is 2.37. The average Bonchev–Trinajstić information content (AvgIpc) is 2.13. The molecule has 0 amide bonds. The summed E-state index contributed by atoms with van der Waals surface area (Å²) >= 11 is 0. The summed E-state index contributed by atoms with van der Waals surface area (Å²) in [5.41, 5.74) is 0.401. The molecular formula is C9H11N3O4S. The quantitative estimate of drug-likeness (QED) is 0.609. The van der Waals surface area contributed by atoms with Crippen LogP contribution in [0.4, 0.5) is 11.4 Å². The fourth-order valence-electron chi connectivity index (χ4n) is 1.73. The van der Waals surface area contributed by atoms with Crippen LogP contribution >= 0.6 is 0 Å². The first-order chi connectivity index (χ1) is 7.89. The second kappa shape index (κ2) is 3.97. The van der Waals surface area contributed by atoms with E-state index in [0.29, 0.717) is 5.69 Å². The number of nitrogens with two attached hydrogens (primary N) is 1. The van der Waals surface area contributed by atoms with Crippen LogP contribution in [0, 0.1) is 10.1 Å². The Kier molecular flexibility index (Phi) is 2.76. The molecule has 0 radical (unpaired) electrons. The molecular weight excluding hydrogens is 246 g/mol. The number of hydrogen-bond acceptors (Lipinski definition) is 5. The van der Waals surface area contributed by atoms with Crippen molar-refractivity contribution >= 4 is 21.4 Å². The van der Waals surface area contributed by atoms with Crippen molar-refractivity contribution in [2.75, 3.05) is 18.0 Å². The molecule has 1 fully saturated rings. The zero-order valence-corrected chi connectivity index (χ0v) is 9.63. The van der Waals surface area contributed by atoms with Crippen molar-refractivity contribution in [3.05, 3.63) is 34.4 Å². The smallest absolute Gasteiger partial charge is 0.292 e. The fourth-order valence-corrected chi connectivity index (χ4v) is 2.50. The van der Waals surface area contributed by atoms with Crippen LogP contribution in [0.1, 0.15) is 0 Å². The Morgan fingerprint density at radius 2 is 1.94 bits per heavy atom. The van der Waals surface area contributed by atoms with Crippen molar-refractivity contribution < 1.29 is 13.3 Å². The minimum atomic E-state index is -3.55. The third-order valence-electron chi connectivity index (χ3n) is 2.73. The summed E-state index contributed by atoms with van der Waals surface area (Å²) in [5.74, 6) is 0. The second-order valence-electron chi connectivity index (χ2n) is 3.86. The lowest BCUT2D eigenvalue weighted by atomic mass is 10.1. The number of hydrogen-bond donors (Lipinski definition) is 1. The maximum atomic E-state index is 11.0. The SMILES string of the molecule is NS(=O)(=O)C1CN(c2ccccc2[N+](=O)[O-])C1. The molecule has 2 rings (SSSR count). The van der Waals surface area contributed by atoms with Gasteiger partial charge >= 0.3 is 0 Å². The third kappa shape index (κ3) is 2.22. The van der Waals surface area contributed by atoms with Gasteiger partial charge in [0.1, 0.15) is 10.9 Å². The lowest BCUT2D eigenvalue weighted by Crippen LogP contribution is -2.56. The van der Waals surface area contributed by atoms with Gasteiger partial charge in [-0.2, -0.15) is 0 Å². The number of para-hydroxylation sites is 2. The lowest BCUT2D eigenvalue weighted by Gasteiger charge is -2.38. The van der Waals surface area contributed by atoms with Crippen molar-refractivity contribution in [3.8, 4) is 0 Å². The highest BCUT2D eigenvalue weighted by molar-refractivity contribution is 7.89. The number of nitrogens with zero attached hydrogens (tertiary/aromatic N) is 2. The van der Waals surface area contributed by atoms with Gasteiger partial charge in [0, 0.05) is 19.2 Å². The normalized spacial score (nSPS) is 16.6. The van der Waals surface area contributed by atoms with Crippen LogP contribution in [-0.2, 0) is 10.0 Å². The van der Waals surface area contributed by atoms with Crippen molar-refractivity contribution in [2.45, 2.75) is 5.25 Å². The summed E-state index contributed by atoms with van der Waals surface area (Å²) in [5, 5.41) is 15.1. The van der Waals surface area contributed by atoms with E-state index in [9.17, 15) is 18.5 Å². The van der Waals surface area contributed by atoms with Crippen molar-refractivity contribution in [2.24, 2.45) is 5.14 Å². The van der Waals surface area contributed by atoms with E-state index in [0.717, 1.165) is 0 Å². The molecule has 2 N–H and O–H groups in total. The van der Waals surface area contributed by atoms with Crippen LogP contribution in [-0.4, -0.2) is 31.7 Å².